The Morgan fingerprint density at radius 1 is 0.864 bits per heavy atom. The minimum Gasteiger partial charge on any atom is -0.494 e. The van der Waals surface area contributed by atoms with Gasteiger partial charge in [-0.1, -0.05) is 6.07 Å². The molecule has 0 radical (unpaired) electrons. The molecule has 3 saturated heterocycles. The third-order valence-corrected chi connectivity index (χ3v) is 8.20. The lowest BCUT2D eigenvalue weighted by atomic mass is 9.99. The Hall–Kier alpha value is -2.32. The number of rotatable bonds is 7. The van der Waals surface area contributed by atoms with Crippen molar-refractivity contribution >= 4 is 30.7 Å². The molecular formula is C29H34Cl2F7N3O3. The molecule has 2 aromatic carbocycles. The van der Waals surface area contributed by atoms with Crippen molar-refractivity contribution in [2.24, 2.45) is 0 Å². The van der Waals surface area contributed by atoms with E-state index in [0.717, 1.165) is 32.5 Å². The summed E-state index contributed by atoms with van der Waals surface area (Å²) >= 11 is 0. The fourth-order valence-corrected chi connectivity index (χ4v) is 6.08. The molecule has 3 aliphatic rings. The molecule has 246 valence electrons. The topological polar surface area (TPSA) is 45.2 Å². The Morgan fingerprint density at radius 2 is 1.45 bits per heavy atom. The Kier molecular flexibility index (Phi) is 11.8. The van der Waals surface area contributed by atoms with Crippen molar-refractivity contribution in [3.05, 3.63) is 64.5 Å². The highest BCUT2D eigenvalue weighted by atomic mass is 35.5. The molecule has 3 fully saturated rings. The summed E-state index contributed by atoms with van der Waals surface area (Å²) in [6.45, 7) is 3.96. The van der Waals surface area contributed by atoms with Gasteiger partial charge in [0, 0.05) is 57.4 Å². The van der Waals surface area contributed by atoms with Crippen molar-refractivity contribution in [2.45, 2.75) is 49.9 Å². The summed E-state index contributed by atoms with van der Waals surface area (Å²) in [6.07, 6.45) is -7.41. The zero-order valence-corrected chi connectivity index (χ0v) is 25.4. The summed E-state index contributed by atoms with van der Waals surface area (Å²) in [5.74, 6) is -1.51. The lowest BCUT2D eigenvalue weighted by Gasteiger charge is -2.43. The van der Waals surface area contributed by atoms with Gasteiger partial charge in [-0.05, 0) is 55.2 Å². The normalized spacial score (nSPS) is 22.7. The molecule has 2 unspecified atom stereocenters. The molecule has 0 N–H and O–H groups in total. The molecule has 2 aromatic rings. The van der Waals surface area contributed by atoms with Gasteiger partial charge in [0.2, 0.25) is 0 Å². The predicted molar refractivity (Wildman–Crippen MR) is 153 cm³/mol. The maximum atomic E-state index is 14.0. The number of carbonyl (C=O) groups excluding carboxylic acids is 1. The van der Waals surface area contributed by atoms with Crippen LogP contribution in [0.5, 0.6) is 5.75 Å². The summed E-state index contributed by atoms with van der Waals surface area (Å²) in [4.78, 5) is 19.4. The summed E-state index contributed by atoms with van der Waals surface area (Å²) in [5.41, 5.74) is -3.16. The van der Waals surface area contributed by atoms with Crippen LogP contribution in [0, 0.1) is 5.82 Å². The summed E-state index contributed by atoms with van der Waals surface area (Å²) in [6, 6.07) is 4.57. The van der Waals surface area contributed by atoms with Crippen molar-refractivity contribution in [3.8, 4) is 5.75 Å². The molecule has 15 heteroatoms. The maximum absolute atomic E-state index is 14.0. The second-order valence-electron chi connectivity index (χ2n) is 11.1. The fourth-order valence-electron chi connectivity index (χ4n) is 6.08. The second-order valence-corrected chi connectivity index (χ2v) is 11.1. The minimum atomic E-state index is -5.07. The van der Waals surface area contributed by atoms with Crippen LogP contribution in [-0.2, 0) is 23.5 Å². The molecule has 2 bridgehead atoms. The smallest absolute Gasteiger partial charge is 0.416 e. The van der Waals surface area contributed by atoms with E-state index in [0.29, 0.717) is 37.3 Å². The van der Waals surface area contributed by atoms with E-state index in [2.05, 4.69) is 9.80 Å². The highest BCUT2D eigenvalue weighted by molar-refractivity contribution is 5.95. The van der Waals surface area contributed by atoms with Crippen LogP contribution in [0.15, 0.2) is 36.4 Å². The van der Waals surface area contributed by atoms with Gasteiger partial charge in [0.05, 0.1) is 30.4 Å². The number of carbonyl (C=O) groups is 1. The number of likely N-dealkylation sites (tertiary alicyclic amines) is 1. The lowest BCUT2D eigenvalue weighted by Crippen LogP contribution is -2.57. The quantitative estimate of drug-likeness (QED) is 0.340. The van der Waals surface area contributed by atoms with Gasteiger partial charge in [0.1, 0.15) is 0 Å². The van der Waals surface area contributed by atoms with Gasteiger partial charge in [-0.25, -0.2) is 4.39 Å². The first-order chi connectivity index (χ1) is 19.8. The maximum Gasteiger partial charge on any atom is 0.416 e. The number of piperazine rings is 1. The Labute approximate surface area is 263 Å². The number of morpholine rings is 1. The van der Waals surface area contributed by atoms with Crippen LogP contribution in [0.25, 0.3) is 0 Å². The third kappa shape index (κ3) is 8.48. The Morgan fingerprint density at radius 3 is 2.02 bits per heavy atom. The monoisotopic (exact) mass is 675 g/mol. The lowest BCUT2D eigenvalue weighted by molar-refractivity contribution is -0.143. The van der Waals surface area contributed by atoms with E-state index in [1.165, 1.54) is 30.2 Å². The van der Waals surface area contributed by atoms with Crippen molar-refractivity contribution in [2.75, 3.05) is 52.9 Å². The van der Waals surface area contributed by atoms with E-state index in [1.54, 1.807) is 0 Å². The van der Waals surface area contributed by atoms with Crippen molar-refractivity contribution in [1.29, 1.82) is 0 Å². The molecule has 3 atom stereocenters. The van der Waals surface area contributed by atoms with E-state index in [9.17, 15) is 35.5 Å². The predicted octanol–water partition coefficient (Wildman–Crippen LogP) is 5.95. The first-order valence-corrected chi connectivity index (χ1v) is 13.8. The number of alkyl halides is 6. The number of halogens is 9. The molecule has 1 amide bonds. The van der Waals surface area contributed by atoms with Crippen molar-refractivity contribution in [1.82, 2.24) is 14.7 Å². The van der Waals surface area contributed by atoms with Crippen LogP contribution >= 0.6 is 24.8 Å². The number of amides is 1. The minimum absolute atomic E-state index is 0. The number of hydrogen-bond acceptors (Lipinski definition) is 5. The Bertz CT molecular complexity index is 1250. The van der Waals surface area contributed by atoms with E-state index in [4.69, 9.17) is 9.47 Å². The highest BCUT2D eigenvalue weighted by Crippen LogP contribution is 2.37. The van der Waals surface area contributed by atoms with Gasteiger partial charge < -0.3 is 14.4 Å². The number of hydrogen-bond donors (Lipinski definition) is 0. The largest absolute Gasteiger partial charge is 0.494 e. The molecule has 0 spiro atoms. The Balaban J connectivity index is 0.00000264. The third-order valence-electron chi connectivity index (χ3n) is 8.20. The summed E-state index contributed by atoms with van der Waals surface area (Å²) in [7, 11) is 1.31. The van der Waals surface area contributed by atoms with Crippen LogP contribution in [0.1, 0.15) is 39.9 Å². The number of benzene rings is 2. The number of ether oxygens (including phenoxy) is 2. The van der Waals surface area contributed by atoms with Gasteiger partial charge in [-0.15, -0.1) is 24.8 Å². The van der Waals surface area contributed by atoms with Gasteiger partial charge in [-0.2, -0.15) is 26.3 Å². The molecule has 3 heterocycles. The molecule has 3 aliphatic heterocycles. The highest BCUT2D eigenvalue weighted by Gasteiger charge is 2.39. The zero-order chi connectivity index (χ0) is 30.2. The van der Waals surface area contributed by atoms with Gasteiger partial charge in [-0.3, -0.25) is 14.6 Å². The SMILES string of the molecule is COc1cc(C[C@@H]2CN(CCN3CC4CCC(C3)O4)CCN2C(=O)c2cc(C(F)(F)F)cc(C(F)(F)F)c2)ccc1F.Cl.Cl. The molecule has 0 aliphatic carbocycles. The summed E-state index contributed by atoms with van der Waals surface area (Å²) < 4.78 is 106. The molecule has 6 nitrogen and oxygen atoms in total. The second kappa shape index (κ2) is 14.4. The fraction of sp³-hybridized carbons (Fsp3) is 0.552. The van der Waals surface area contributed by atoms with Crippen LogP contribution in [0.4, 0.5) is 30.7 Å². The number of nitrogens with zero attached hydrogens (tertiary/aromatic N) is 3. The molecule has 0 saturated carbocycles. The van der Waals surface area contributed by atoms with Crippen LogP contribution in [0.2, 0.25) is 0 Å². The van der Waals surface area contributed by atoms with Gasteiger partial charge in [0.15, 0.2) is 11.6 Å². The summed E-state index contributed by atoms with van der Waals surface area (Å²) in [5, 5.41) is 0. The van der Waals surface area contributed by atoms with E-state index >= 15 is 0 Å². The first-order valence-electron chi connectivity index (χ1n) is 13.8. The average molecular weight is 677 g/mol. The van der Waals surface area contributed by atoms with E-state index < -0.39 is 46.8 Å². The van der Waals surface area contributed by atoms with Gasteiger partial charge in [0.25, 0.3) is 5.91 Å². The molecular weight excluding hydrogens is 642 g/mol. The number of fused-ring (bicyclic) bond motifs is 2. The molecule has 0 aromatic heterocycles. The van der Waals surface area contributed by atoms with E-state index in [-0.39, 0.29) is 61.8 Å². The molecule has 44 heavy (non-hydrogen) atoms. The van der Waals surface area contributed by atoms with Crippen LogP contribution in [0.3, 0.4) is 0 Å². The van der Waals surface area contributed by atoms with Crippen molar-refractivity contribution < 1.29 is 45.0 Å². The number of methoxy groups -OCH3 is 1. The van der Waals surface area contributed by atoms with Gasteiger partial charge >= 0.3 is 12.4 Å². The van der Waals surface area contributed by atoms with Crippen LogP contribution < -0.4 is 4.74 Å². The standard InChI is InChI=1S/C29H32F7N3O3.2ClH/c1-41-26-11-18(2-5-25(26)30)10-22-15-37(6-7-38-16-23-3-4-24(17-38)42-23)8-9-39(22)27(40)19-12-20(28(31,32)33)14-21(13-19)29(34,35)36;;/h2,5,11-14,22-24H,3-4,6-10,15-17H2,1H3;2*1H/t22-,23?,24?;;/m1../s1. The molecule has 5 rings (SSSR count). The average Bonchev–Trinajstić information content (AvgIpc) is 3.28. The van der Waals surface area contributed by atoms with E-state index in [1.807, 2.05) is 0 Å². The zero-order valence-electron chi connectivity index (χ0n) is 23.8. The first kappa shape index (κ1) is 36.2. The van der Waals surface area contributed by atoms with Crippen LogP contribution in [-0.4, -0.2) is 91.8 Å². The van der Waals surface area contributed by atoms with Crippen molar-refractivity contribution in [3.63, 3.8) is 0 Å².